The van der Waals surface area contributed by atoms with Gasteiger partial charge in [-0.1, -0.05) is 177 Å². The molecule has 0 spiro atoms. The summed E-state index contributed by atoms with van der Waals surface area (Å²) in [5.74, 6) is 1.28. The summed E-state index contributed by atoms with van der Waals surface area (Å²) < 4.78 is 9.05. The van der Waals surface area contributed by atoms with Crippen molar-refractivity contribution in [2.45, 2.75) is 91.9 Å². The summed E-state index contributed by atoms with van der Waals surface area (Å²) in [6.07, 6.45) is 1.88. The van der Waals surface area contributed by atoms with Crippen LogP contribution in [0.4, 0.5) is 0 Å². The van der Waals surface area contributed by atoms with Crippen LogP contribution in [0.15, 0.2) is 144 Å². The maximum Gasteiger partial charge on any atom is 0.148 e. The topological polar surface area (TPSA) is 64.1 Å². The zero-order valence-corrected chi connectivity index (χ0v) is 41.7. The molecule has 0 radical (unpaired) electrons. The molecule has 0 bridgehead atoms. The zero-order valence-electron chi connectivity index (χ0n) is 39.4. The Morgan fingerprint density at radius 2 is 1.30 bits per heavy atom. The minimum atomic E-state index is -0.339. The maximum absolute atomic E-state index is 12.7. The van der Waals surface area contributed by atoms with E-state index in [-0.39, 0.29) is 49.5 Å². The van der Waals surface area contributed by atoms with Gasteiger partial charge in [-0.25, -0.2) is 4.98 Å². The largest absolute Gasteiger partial charge is 0.507 e. The molecule has 0 aliphatic heterocycles. The van der Waals surface area contributed by atoms with E-state index in [9.17, 15) is 5.11 Å². The van der Waals surface area contributed by atoms with Gasteiger partial charge in [-0.2, -0.15) is 0 Å². The van der Waals surface area contributed by atoms with E-state index in [0.29, 0.717) is 11.4 Å². The van der Waals surface area contributed by atoms with Gasteiger partial charge in [-0.15, -0.1) is 11.6 Å². The summed E-state index contributed by atoms with van der Waals surface area (Å²) in [7, 11) is 0. The van der Waals surface area contributed by atoms with Gasteiger partial charge in [0.05, 0.1) is 27.9 Å². The number of benzene rings is 7. The van der Waals surface area contributed by atoms with E-state index < -0.39 is 0 Å². The fourth-order valence-corrected chi connectivity index (χ4v) is 9.58. The second-order valence-corrected chi connectivity index (χ2v) is 20.3. The Bertz CT molecular complexity index is 3440. The Kier molecular flexibility index (Phi) is 11.5. The number of nitrogens with zero attached hydrogens (tertiary/aromatic N) is 3. The monoisotopic (exact) mass is 1050 g/mol. The van der Waals surface area contributed by atoms with Crippen molar-refractivity contribution in [1.82, 2.24) is 14.5 Å². The molecule has 0 saturated heterocycles. The van der Waals surface area contributed by atoms with Crippen molar-refractivity contribution >= 4 is 43.7 Å². The van der Waals surface area contributed by atoms with Crippen LogP contribution in [0.3, 0.4) is 0 Å². The van der Waals surface area contributed by atoms with Gasteiger partial charge in [0.1, 0.15) is 17.2 Å². The number of aromatic nitrogens is 3. The van der Waals surface area contributed by atoms with Crippen LogP contribution in [0.2, 0.25) is 0 Å². The van der Waals surface area contributed by atoms with Crippen molar-refractivity contribution in [2.24, 2.45) is 0 Å². The summed E-state index contributed by atoms with van der Waals surface area (Å²) in [4.78, 5) is 10.8. The number of hydrogen-bond donors (Lipinski definition) is 1. The summed E-state index contributed by atoms with van der Waals surface area (Å²) in [6, 6.07) is 50.9. The Balaban J connectivity index is 0.00000548. The molecular weight excluding hydrogens is 990 g/mol. The van der Waals surface area contributed by atoms with Gasteiger partial charge in [0.2, 0.25) is 0 Å². The van der Waals surface area contributed by atoms with Crippen LogP contribution >= 0.6 is 0 Å². The van der Waals surface area contributed by atoms with Gasteiger partial charge in [-0.05, 0) is 108 Å². The summed E-state index contributed by atoms with van der Waals surface area (Å²) in [5.41, 5.74) is 14.9. The number of hydrogen-bond acceptors (Lipinski definition) is 4. The molecule has 0 fully saturated rings. The first-order chi connectivity index (χ1) is 31.1. The van der Waals surface area contributed by atoms with Gasteiger partial charge in [0.15, 0.2) is 0 Å². The molecule has 0 unspecified atom stereocenters. The molecule has 7 aromatic carbocycles. The van der Waals surface area contributed by atoms with Crippen LogP contribution in [-0.4, -0.2) is 19.6 Å². The number of fused-ring (bicyclic) bond motifs is 5. The summed E-state index contributed by atoms with van der Waals surface area (Å²) in [5, 5.41) is 16.8. The standard InChI is InChI=1S/C60H56N3O2.Pt/c1-35(2)45-29-39(37-19-12-11-13-20-37)30-46(36(3)4)56(45)63-50-25-18-24-43(55(50)62-58(63)48-33-41(59(5,6)7)34-49(57(48)64)60(8,9)10)40-31-47(54-42-22-15-14-21-38(42)27-28-61-54)53-44-23-16-17-26-51(44)65-52(53)32-40;/h11-30,32-36,64H,1-10H3;/q-1;. The Labute approximate surface area is 402 Å². The Hall–Kier alpha value is -6.29. The van der Waals surface area contributed by atoms with Crippen LogP contribution in [0.25, 0.3) is 94.3 Å². The van der Waals surface area contributed by atoms with E-state index in [1.165, 1.54) is 22.3 Å². The third-order valence-electron chi connectivity index (χ3n) is 13.1. The number of pyridine rings is 1. The Morgan fingerprint density at radius 1 is 0.636 bits per heavy atom. The van der Waals surface area contributed by atoms with Crippen LogP contribution in [0.1, 0.15) is 103 Å². The van der Waals surface area contributed by atoms with Crippen LogP contribution in [0, 0.1) is 6.07 Å². The molecular formula is C60H56N3O2Pt-. The first kappa shape index (κ1) is 44.9. The minimum Gasteiger partial charge on any atom is -0.507 e. The number of phenolic OH excluding ortho intramolecular Hbond substituents is 1. The second-order valence-electron chi connectivity index (χ2n) is 20.3. The van der Waals surface area contributed by atoms with Crippen molar-refractivity contribution in [3.8, 4) is 56.3 Å². The van der Waals surface area contributed by atoms with E-state index in [1.54, 1.807) is 0 Å². The number of aromatic hydroxyl groups is 1. The van der Waals surface area contributed by atoms with Crippen molar-refractivity contribution in [1.29, 1.82) is 0 Å². The molecule has 3 heterocycles. The molecule has 0 atom stereocenters. The minimum absolute atomic E-state index is 0. The molecule has 334 valence electrons. The molecule has 0 saturated carbocycles. The summed E-state index contributed by atoms with van der Waals surface area (Å²) in [6.45, 7) is 22.3. The fourth-order valence-electron chi connectivity index (χ4n) is 9.58. The molecule has 1 N–H and O–H groups in total. The second kappa shape index (κ2) is 16.9. The van der Waals surface area contributed by atoms with Gasteiger partial charge >= 0.3 is 0 Å². The first-order valence-corrected chi connectivity index (χ1v) is 22.9. The smallest absolute Gasteiger partial charge is 0.148 e. The van der Waals surface area contributed by atoms with Crippen molar-refractivity contribution in [3.63, 3.8) is 0 Å². The van der Waals surface area contributed by atoms with E-state index in [2.05, 4.69) is 201 Å². The molecule has 5 nitrogen and oxygen atoms in total. The molecule has 0 aliphatic carbocycles. The van der Waals surface area contributed by atoms with Gasteiger partial charge in [0.25, 0.3) is 0 Å². The van der Waals surface area contributed by atoms with Gasteiger partial charge in [-0.3, -0.25) is 9.55 Å². The molecule has 0 aliphatic rings. The number of para-hydroxylation sites is 2. The van der Waals surface area contributed by atoms with E-state index in [4.69, 9.17) is 14.4 Å². The number of phenols is 1. The molecule has 66 heavy (non-hydrogen) atoms. The SMILES string of the molecule is CC(C)c1cc(-c2ccccc2)cc(C(C)C)c1-n1c(-c2cc(C(C)(C)C)cc(C(C)(C)C)c2O)nc2c(-c3[c-]c(-c4nccc5ccccc45)c4c(c3)oc3ccccc34)cccc21.[Pt]. The molecule has 0 amide bonds. The van der Waals surface area contributed by atoms with Crippen LogP contribution < -0.4 is 0 Å². The Morgan fingerprint density at radius 3 is 1.98 bits per heavy atom. The normalized spacial score (nSPS) is 12.3. The van der Waals surface area contributed by atoms with Crippen LogP contribution in [0.5, 0.6) is 5.75 Å². The van der Waals surface area contributed by atoms with E-state index in [1.807, 2.05) is 18.3 Å². The van der Waals surface area contributed by atoms with Crippen LogP contribution in [-0.2, 0) is 31.9 Å². The predicted octanol–water partition coefficient (Wildman–Crippen LogP) is 16.5. The third kappa shape index (κ3) is 7.65. The third-order valence-corrected chi connectivity index (χ3v) is 13.1. The number of furan rings is 1. The number of rotatable bonds is 7. The van der Waals surface area contributed by atoms with E-state index in [0.717, 1.165) is 82.9 Å². The fraction of sp³-hybridized carbons (Fsp3) is 0.233. The zero-order chi connectivity index (χ0) is 45.5. The molecule has 10 rings (SSSR count). The maximum atomic E-state index is 12.7. The number of imidazole rings is 1. The van der Waals surface area contributed by atoms with Crippen molar-refractivity contribution in [3.05, 3.63) is 168 Å². The summed E-state index contributed by atoms with van der Waals surface area (Å²) >= 11 is 0. The predicted molar refractivity (Wildman–Crippen MR) is 271 cm³/mol. The molecule has 6 heteroatoms. The molecule has 3 aromatic heterocycles. The van der Waals surface area contributed by atoms with Gasteiger partial charge in [0, 0.05) is 38.5 Å². The van der Waals surface area contributed by atoms with Crippen molar-refractivity contribution < 1.29 is 30.6 Å². The quantitative estimate of drug-likeness (QED) is 0.162. The average Bonchev–Trinajstić information content (AvgIpc) is 3.86. The van der Waals surface area contributed by atoms with Gasteiger partial charge < -0.3 is 9.52 Å². The first-order valence-electron chi connectivity index (χ1n) is 22.9. The van der Waals surface area contributed by atoms with E-state index >= 15 is 0 Å². The molecule has 10 aromatic rings. The average molecular weight is 1050 g/mol. The van der Waals surface area contributed by atoms with Crippen molar-refractivity contribution in [2.75, 3.05) is 0 Å².